The predicted octanol–water partition coefficient (Wildman–Crippen LogP) is 2.07. The Morgan fingerprint density at radius 3 is 3.00 bits per heavy atom. The summed E-state index contributed by atoms with van der Waals surface area (Å²) in [5.41, 5.74) is 0.0763. The van der Waals surface area contributed by atoms with E-state index in [2.05, 4.69) is 15.0 Å². The second-order valence-corrected chi connectivity index (χ2v) is 6.65. The van der Waals surface area contributed by atoms with Gasteiger partial charge >= 0.3 is 0 Å². The van der Waals surface area contributed by atoms with Gasteiger partial charge in [-0.3, -0.25) is 9.69 Å². The molecule has 6 nitrogen and oxygen atoms in total. The van der Waals surface area contributed by atoms with Crippen LogP contribution in [-0.2, 0) is 11.3 Å². The summed E-state index contributed by atoms with van der Waals surface area (Å²) in [5.74, 6) is -0.717. The highest BCUT2D eigenvalue weighted by atomic mass is 19.1. The first-order valence-corrected chi connectivity index (χ1v) is 8.30. The molecule has 3 heterocycles. The van der Waals surface area contributed by atoms with Gasteiger partial charge in [-0.15, -0.1) is 0 Å². The molecule has 0 bridgehead atoms. The van der Waals surface area contributed by atoms with Crippen LogP contribution >= 0.6 is 0 Å². The van der Waals surface area contributed by atoms with Crippen molar-refractivity contribution < 1.29 is 18.1 Å². The first-order valence-electron chi connectivity index (χ1n) is 8.30. The number of aromatic nitrogens is 2. The molecule has 1 amide bonds. The van der Waals surface area contributed by atoms with E-state index >= 15 is 0 Å². The molecule has 0 N–H and O–H groups in total. The van der Waals surface area contributed by atoms with E-state index in [0.717, 1.165) is 31.5 Å². The van der Waals surface area contributed by atoms with Gasteiger partial charge in [0.15, 0.2) is 5.82 Å². The summed E-state index contributed by atoms with van der Waals surface area (Å²) in [6.07, 6.45) is 1.85. The molecule has 2 atom stereocenters. The monoisotopic (exact) mass is 348 g/mol. The van der Waals surface area contributed by atoms with Crippen LogP contribution in [-0.4, -0.2) is 52.0 Å². The SMILES string of the molecule is CN1C[C@@H]2[C@@H](CCCN2Cc2noc(-c3ccc(F)cc3F)n2)C1=O. The summed E-state index contributed by atoms with van der Waals surface area (Å²) >= 11 is 0. The van der Waals surface area contributed by atoms with Crippen LogP contribution in [0.25, 0.3) is 11.5 Å². The van der Waals surface area contributed by atoms with Crippen LogP contribution in [0.4, 0.5) is 8.78 Å². The van der Waals surface area contributed by atoms with Crippen LogP contribution in [0.5, 0.6) is 0 Å². The topological polar surface area (TPSA) is 62.5 Å². The maximum atomic E-state index is 13.8. The summed E-state index contributed by atoms with van der Waals surface area (Å²) < 4.78 is 32.0. The first kappa shape index (κ1) is 16.1. The maximum absolute atomic E-state index is 13.8. The summed E-state index contributed by atoms with van der Waals surface area (Å²) in [6, 6.07) is 3.37. The number of benzene rings is 1. The van der Waals surface area contributed by atoms with E-state index in [4.69, 9.17) is 4.52 Å². The molecule has 0 unspecified atom stereocenters. The molecule has 132 valence electrons. The smallest absolute Gasteiger partial charge is 0.260 e. The van der Waals surface area contributed by atoms with Gasteiger partial charge in [0.2, 0.25) is 5.91 Å². The van der Waals surface area contributed by atoms with Crippen molar-refractivity contribution >= 4 is 5.91 Å². The van der Waals surface area contributed by atoms with Crippen LogP contribution in [0.1, 0.15) is 18.7 Å². The van der Waals surface area contributed by atoms with E-state index in [1.807, 2.05) is 7.05 Å². The zero-order valence-corrected chi connectivity index (χ0v) is 13.8. The van der Waals surface area contributed by atoms with Crippen LogP contribution in [0.3, 0.4) is 0 Å². The number of carbonyl (C=O) groups is 1. The lowest BCUT2D eigenvalue weighted by atomic mass is 9.91. The highest BCUT2D eigenvalue weighted by Crippen LogP contribution is 2.32. The van der Waals surface area contributed by atoms with E-state index in [-0.39, 0.29) is 29.3 Å². The number of carbonyl (C=O) groups excluding carboxylic acids is 1. The molecule has 2 aromatic rings. The van der Waals surface area contributed by atoms with Crippen molar-refractivity contribution in [3.63, 3.8) is 0 Å². The number of hydrogen-bond donors (Lipinski definition) is 0. The molecule has 1 aromatic heterocycles. The standard InChI is InChI=1S/C17H18F2N4O2/c1-22-8-14-12(17(22)24)3-2-6-23(14)9-15-20-16(25-21-15)11-5-4-10(18)7-13(11)19/h4-5,7,12,14H,2-3,6,8-9H2,1H3/t12-,14-/m1/s1. The normalized spacial score (nSPS) is 24.0. The highest BCUT2D eigenvalue weighted by Gasteiger charge is 2.43. The van der Waals surface area contributed by atoms with Crippen LogP contribution in [0, 0.1) is 17.6 Å². The summed E-state index contributed by atoms with van der Waals surface area (Å²) in [6.45, 7) is 1.99. The van der Waals surface area contributed by atoms with E-state index in [0.29, 0.717) is 18.9 Å². The largest absolute Gasteiger partial charge is 0.344 e. The predicted molar refractivity (Wildman–Crippen MR) is 84.2 cm³/mol. The Kier molecular flexibility index (Phi) is 3.99. The molecule has 4 rings (SSSR count). The molecule has 1 aromatic carbocycles. The quantitative estimate of drug-likeness (QED) is 0.850. The van der Waals surface area contributed by atoms with Crippen molar-refractivity contribution in [1.29, 1.82) is 0 Å². The van der Waals surface area contributed by atoms with Crippen LogP contribution in [0.15, 0.2) is 22.7 Å². The highest BCUT2D eigenvalue weighted by molar-refractivity contribution is 5.81. The van der Waals surface area contributed by atoms with Crippen molar-refractivity contribution in [2.45, 2.75) is 25.4 Å². The third-order valence-corrected chi connectivity index (χ3v) is 5.02. The second kappa shape index (κ2) is 6.18. The number of fused-ring (bicyclic) bond motifs is 1. The zero-order valence-electron chi connectivity index (χ0n) is 13.8. The van der Waals surface area contributed by atoms with E-state index in [1.165, 1.54) is 6.07 Å². The number of hydrogen-bond acceptors (Lipinski definition) is 5. The Hall–Kier alpha value is -2.35. The van der Waals surface area contributed by atoms with E-state index in [9.17, 15) is 13.6 Å². The van der Waals surface area contributed by atoms with Gasteiger partial charge in [-0.1, -0.05) is 5.16 Å². The maximum Gasteiger partial charge on any atom is 0.260 e. The van der Waals surface area contributed by atoms with Crippen LogP contribution in [0.2, 0.25) is 0 Å². The minimum Gasteiger partial charge on any atom is -0.344 e. The second-order valence-electron chi connectivity index (χ2n) is 6.65. The molecule has 8 heteroatoms. The molecule has 2 aliphatic heterocycles. The molecule has 0 saturated carbocycles. The Bertz CT molecular complexity index is 810. The molecule has 2 aliphatic rings. The molecular weight excluding hydrogens is 330 g/mol. The molecule has 2 fully saturated rings. The van der Waals surface area contributed by atoms with Crippen molar-refractivity contribution in [3.05, 3.63) is 35.7 Å². The molecular formula is C17H18F2N4O2. The lowest BCUT2D eigenvalue weighted by Crippen LogP contribution is -2.45. The van der Waals surface area contributed by atoms with Gasteiger partial charge in [0, 0.05) is 25.7 Å². The van der Waals surface area contributed by atoms with Gasteiger partial charge in [-0.25, -0.2) is 8.78 Å². The Labute approximate surface area is 143 Å². The fourth-order valence-corrected chi connectivity index (χ4v) is 3.78. The molecule has 0 aliphatic carbocycles. The number of nitrogens with zero attached hydrogens (tertiary/aromatic N) is 4. The number of halogens is 2. The van der Waals surface area contributed by atoms with E-state index < -0.39 is 11.6 Å². The number of likely N-dealkylation sites (tertiary alicyclic amines) is 2. The molecule has 0 radical (unpaired) electrons. The minimum atomic E-state index is -0.740. The van der Waals surface area contributed by atoms with Crippen molar-refractivity contribution in [2.75, 3.05) is 20.1 Å². The molecule has 0 spiro atoms. The van der Waals surface area contributed by atoms with Gasteiger partial charge in [0.05, 0.1) is 18.0 Å². The summed E-state index contributed by atoms with van der Waals surface area (Å²) in [5, 5.41) is 3.92. The van der Waals surface area contributed by atoms with Gasteiger partial charge in [-0.2, -0.15) is 4.98 Å². The van der Waals surface area contributed by atoms with Gasteiger partial charge in [0.25, 0.3) is 5.89 Å². The van der Waals surface area contributed by atoms with Gasteiger partial charge in [-0.05, 0) is 31.5 Å². The Morgan fingerprint density at radius 2 is 2.20 bits per heavy atom. The summed E-state index contributed by atoms with van der Waals surface area (Å²) in [7, 11) is 1.82. The van der Waals surface area contributed by atoms with Gasteiger partial charge in [0.1, 0.15) is 11.6 Å². The van der Waals surface area contributed by atoms with Crippen molar-refractivity contribution in [1.82, 2.24) is 19.9 Å². The molecule has 25 heavy (non-hydrogen) atoms. The number of rotatable bonds is 3. The van der Waals surface area contributed by atoms with Crippen molar-refractivity contribution in [2.24, 2.45) is 5.92 Å². The first-order chi connectivity index (χ1) is 12.0. The molecule has 2 saturated heterocycles. The third-order valence-electron chi connectivity index (χ3n) is 5.02. The lowest BCUT2D eigenvalue weighted by Gasteiger charge is -2.34. The summed E-state index contributed by atoms with van der Waals surface area (Å²) in [4.78, 5) is 20.4. The van der Waals surface area contributed by atoms with Crippen LogP contribution < -0.4 is 0 Å². The fraction of sp³-hybridized carbons (Fsp3) is 0.471. The Balaban J connectivity index is 1.52. The minimum absolute atomic E-state index is 0.0275. The number of piperidine rings is 1. The van der Waals surface area contributed by atoms with Crippen molar-refractivity contribution in [3.8, 4) is 11.5 Å². The zero-order chi connectivity index (χ0) is 17.6. The Morgan fingerprint density at radius 1 is 1.36 bits per heavy atom. The number of amides is 1. The third kappa shape index (κ3) is 2.90. The van der Waals surface area contributed by atoms with E-state index in [1.54, 1.807) is 4.90 Å². The average molecular weight is 348 g/mol. The van der Waals surface area contributed by atoms with Gasteiger partial charge < -0.3 is 9.42 Å². The fourth-order valence-electron chi connectivity index (χ4n) is 3.78. The number of likely N-dealkylation sites (N-methyl/N-ethyl adjacent to an activating group) is 1. The lowest BCUT2D eigenvalue weighted by molar-refractivity contribution is -0.130. The average Bonchev–Trinajstić information content (AvgIpc) is 3.14.